The minimum absolute atomic E-state index is 0.628. The monoisotopic (exact) mass is 276 g/mol. The van der Waals surface area contributed by atoms with Gasteiger partial charge < -0.3 is 9.30 Å². The molecule has 0 atom stereocenters. The van der Waals surface area contributed by atoms with Gasteiger partial charge in [0.25, 0.3) is 0 Å². The smallest absolute Gasteiger partial charge is 0.122 e. The molecule has 0 radical (unpaired) electrons. The van der Waals surface area contributed by atoms with Crippen LogP contribution < -0.4 is 0 Å². The van der Waals surface area contributed by atoms with Gasteiger partial charge in [-0.05, 0) is 24.1 Å². The molecule has 0 aliphatic carbocycles. The van der Waals surface area contributed by atoms with E-state index >= 15 is 0 Å². The molecule has 0 N–H and O–H groups in total. The lowest BCUT2D eigenvalue weighted by Crippen LogP contribution is -2.21. The lowest BCUT2D eigenvalue weighted by atomic mass is 10.1. The average molecular weight is 276 g/mol. The van der Waals surface area contributed by atoms with E-state index in [9.17, 15) is 0 Å². The van der Waals surface area contributed by atoms with Crippen LogP contribution in [-0.2, 0) is 17.9 Å². The lowest BCUT2D eigenvalue weighted by molar-refractivity contribution is 0.0902. The minimum atomic E-state index is -0.994. The van der Waals surface area contributed by atoms with Crippen molar-refractivity contribution in [1.82, 2.24) is 9.55 Å². The summed E-state index contributed by atoms with van der Waals surface area (Å²) in [6.07, 6.45) is 7.00. The molecule has 0 aliphatic rings. The molecule has 0 aliphatic heterocycles. The Kier molecular flexibility index (Phi) is 4.42. The highest BCUT2D eigenvalue weighted by Gasteiger charge is 2.12. The van der Waals surface area contributed by atoms with Crippen molar-refractivity contribution in [3.63, 3.8) is 0 Å². The van der Waals surface area contributed by atoms with Crippen LogP contribution in [0.2, 0.25) is 25.7 Å². The zero-order valence-corrected chi connectivity index (χ0v) is 13.4. The third-order valence-electron chi connectivity index (χ3n) is 3.39. The van der Waals surface area contributed by atoms with Crippen molar-refractivity contribution in [2.75, 3.05) is 6.61 Å². The quantitative estimate of drug-likeness (QED) is 0.591. The van der Waals surface area contributed by atoms with Crippen LogP contribution >= 0.6 is 0 Å². The molecule has 0 saturated carbocycles. The fourth-order valence-corrected chi connectivity index (χ4v) is 2.86. The molecule has 104 valence electrons. The van der Waals surface area contributed by atoms with E-state index in [0.717, 1.165) is 13.0 Å². The first-order chi connectivity index (χ1) is 9.01. The van der Waals surface area contributed by atoms with Gasteiger partial charge in [0, 0.05) is 32.5 Å². The van der Waals surface area contributed by atoms with Crippen molar-refractivity contribution in [3.05, 3.63) is 30.2 Å². The van der Waals surface area contributed by atoms with Crippen LogP contribution in [0.15, 0.2) is 24.7 Å². The Morgan fingerprint density at radius 1 is 1.26 bits per heavy atom. The fraction of sp³-hybridized carbons (Fsp3) is 0.533. The number of rotatable bonds is 6. The largest absolute Gasteiger partial charge is 0.361 e. The van der Waals surface area contributed by atoms with Gasteiger partial charge >= 0.3 is 0 Å². The SMILES string of the molecule is CCc1cncc2c1ccn2COCC[Si](C)(C)C. The van der Waals surface area contributed by atoms with Crippen molar-refractivity contribution in [2.24, 2.45) is 0 Å². The molecule has 2 aromatic heterocycles. The lowest BCUT2D eigenvalue weighted by Gasteiger charge is -2.15. The molecule has 2 heterocycles. The fourth-order valence-electron chi connectivity index (χ4n) is 2.10. The standard InChI is InChI=1S/C15H24N2OSi/c1-5-13-10-16-11-15-14(13)6-7-17(15)12-18-8-9-19(2,3)4/h6-7,10-11H,5,8-9,12H2,1-4H3. The molecule has 0 saturated heterocycles. The zero-order valence-electron chi connectivity index (χ0n) is 12.4. The van der Waals surface area contributed by atoms with E-state index in [1.807, 2.05) is 12.4 Å². The molecular weight excluding hydrogens is 252 g/mol. The number of aromatic nitrogens is 2. The molecule has 0 amide bonds. The number of fused-ring (bicyclic) bond motifs is 1. The van der Waals surface area contributed by atoms with Crippen molar-refractivity contribution >= 4 is 19.0 Å². The Balaban J connectivity index is 2.02. The van der Waals surface area contributed by atoms with E-state index < -0.39 is 8.07 Å². The van der Waals surface area contributed by atoms with Crippen molar-refractivity contribution in [3.8, 4) is 0 Å². The maximum Gasteiger partial charge on any atom is 0.122 e. The molecule has 19 heavy (non-hydrogen) atoms. The van der Waals surface area contributed by atoms with Gasteiger partial charge in [-0.3, -0.25) is 4.98 Å². The summed E-state index contributed by atoms with van der Waals surface area (Å²) in [4.78, 5) is 4.31. The summed E-state index contributed by atoms with van der Waals surface area (Å²) in [5.41, 5.74) is 2.48. The predicted molar refractivity (Wildman–Crippen MR) is 83.2 cm³/mol. The second-order valence-electron chi connectivity index (χ2n) is 6.22. The number of pyridine rings is 1. The summed E-state index contributed by atoms with van der Waals surface area (Å²) >= 11 is 0. The molecular formula is C15H24N2OSi. The van der Waals surface area contributed by atoms with Gasteiger partial charge in [-0.1, -0.05) is 26.6 Å². The Morgan fingerprint density at radius 2 is 2.05 bits per heavy atom. The molecule has 2 rings (SSSR count). The molecule has 0 fully saturated rings. The third-order valence-corrected chi connectivity index (χ3v) is 5.09. The van der Waals surface area contributed by atoms with Crippen molar-refractivity contribution in [1.29, 1.82) is 0 Å². The Labute approximate surface area is 116 Å². The van der Waals surface area contributed by atoms with Crippen LogP contribution in [0.3, 0.4) is 0 Å². The van der Waals surface area contributed by atoms with E-state index in [-0.39, 0.29) is 0 Å². The minimum Gasteiger partial charge on any atom is -0.361 e. The number of hydrogen-bond donors (Lipinski definition) is 0. The van der Waals surface area contributed by atoms with Crippen molar-refractivity contribution < 1.29 is 4.74 Å². The Morgan fingerprint density at radius 3 is 2.74 bits per heavy atom. The first-order valence-corrected chi connectivity index (χ1v) is 10.7. The molecule has 0 spiro atoms. The number of ether oxygens (including phenoxy) is 1. The van der Waals surface area contributed by atoms with Gasteiger partial charge in [0.2, 0.25) is 0 Å². The predicted octanol–water partition coefficient (Wildman–Crippen LogP) is 3.91. The van der Waals surface area contributed by atoms with Gasteiger partial charge in [0.1, 0.15) is 6.73 Å². The number of nitrogens with zero attached hydrogens (tertiary/aromatic N) is 2. The maximum absolute atomic E-state index is 5.81. The van der Waals surface area contributed by atoms with Crippen LogP contribution in [0.25, 0.3) is 10.9 Å². The van der Waals surface area contributed by atoms with Crippen LogP contribution in [-0.4, -0.2) is 24.2 Å². The van der Waals surface area contributed by atoms with Crippen molar-refractivity contribution in [2.45, 2.75) is 45.8 Å². The number of aryl methyl sites for hydroxylation is 1. The van der Waals surface area contributed by atoms with Gasteiger partial charge in [-0.15, -0.1) is 0 Å². The molecule has 4 heteroatoms. The van der Waals surface area contributed by atoms with E-state index in [0.29, 0.717) is 6.73 Å². The van der Waals surface area contributed by atoms with Gasteiger partial charge in [0.05, 0.1) is 11.7 Å². The highest BCUT2D eigenvalue weighted by atomic mass is 28.3. The highest BCUT2D eigenvalue weighted by Crippen LogP contribution is 2.19. The Bertz CT molecular complexity index is 543. The molecule has 0 unspecified atom stereocenters. The zero-order chi connectivity index (χ0) is 13.9. The molecule has 2 aromatic rings. The average Bonchev–Trinajstić information content (AvgIpc) is 2.76. The molecule has 0 aromatic carbocycles. The second kappa shape index (κ2) is 5.88. The summed E-state index contributed by atoms with van der Waals surface area (Å²) < 4.78 is 7.95. The van der Waals surface area contributed by atoms with E-state index in [1.165, 1.54) is 22.5 Å². The van der Waals surface area contributed by atoms with Crippen LogP contribution in [0.5, 0.6) is 0 Å². The molecule has 3 nitrogen and oxygen atoms in total. The first-order valence-electron chi connectivity index (χ1n) is 7.01. The summed E-state index contributed by atoms with van der Waals surface area (Å²) in [6, 6.07) is 3.38. The second-order valence-corrected chi connectivity index (χ2v) is 11.8. The van der Waals surface area contributed by atoms with Crippen LogP contribution in [0, 0.1) is 0 Å². The third kappa shape index (κ3) is 3.67. The van der Waals surface area contributed by atoms with Gasteiger partial charge in [-0.25, -0.2) is 0 Å². The first kappa shape index (κ1) is 14.3. The van der Waals surface area contributed by atoms with Gasteiger partial charge in [-0.2, -0.15) is 0 Å². The summed E-state index contributed by atoms with van der Waals surface area (Å²) in [5, 5.41) is 1.30. The van der Waals surface area contributed by atoms with E-state index in [1.54, 1.807) is 0 Å². The normalized spacial score (nSPS) is 12.2. The van der Waals surface area contributed by atoms with E-state index in [2.05, 4.69) is 48.4 Å². The molecule has 0 bridgehead atoms. The topological polar surface area (TPSA) is 27.1 Å². The summed E-state index contributed by atoms with van der Waals surface area (Å²) in [7, 11) is -0.994. The summed E-state index contributed by atoms with van der Waals surface area (Å²) in [6.45, 7) is 10.8. The Hall–Kier alpha value is -1.13. The number of hydrogen-bond acceptors (Lipinski definition) is 2. The van der Waals surface area contributed by atoms with E-state index in [4.69, 9.17) is 4.74 Å². The van der Waals surface area contributed by atoms with Crippen LogP contribution in [0.1, 0.15) is 12.5 Å². The van der Waals surface area contributed by atoms with Crippen LogP contribution in [0.4, 0.5) is 0 Å². The van der Waals surface area contributed by atoms with Gasteiger partial charge in [0.15, 0.2) is 0 Å². The maximum atomic E-state index is 5.81. The summed E-state index contributed by atoms with van der Waals surface area (Å²) in [5.74, 6) is 0. The highest BCUT2D eigenvalue weighted by molar-refractivity contribution is 6.76.